The number of aryl methyl sites for hydroxylation is 1. The number of piperidine rings is 1. The van der Waals surface area contributed by atoms with Gasteiger partial charge in [0.1, 0.15) is 11.2 Å². The highest BCUT2D eigenvalue weighted by atomic mass is 16.6. The van der Waals surface area contributed by atoms with Crippen molar-refractivity contribution in [2.24, 2.45) is 0 Å². The number of carbonyl (C=O) groups excluding carboxylic acids is 2. The molecule has 40 heavy (non-hydrogen) atoms. The van der Waals surface area contributed by atoms with Crippen LogP contribution in [0.5, 0.6) is 0 Å². The lowest BCUT2D eigenvalue weighted by Gasteiger charge is -2.48. The van der Waals surface area contributed by atoms with E-state index in [0.717, 1.165) is 63.1 Å². The number of ether oxygens (including phenoxy) is 3. The molecule has 226 valence electrons. The summed E-state index contributed by atoms with van der Waals surface area (Å²) in [5, 5.41) is 3.71. The predicted molar refractivity (Wildman–Crippen MR) is 161 cm³/mol. The average molecular weight is 559 g/mol. The first-order valence-electron chi connectivity index (χ1n) is 15.3. The second kappa shape index (κ2) is 13.2. The second-order valence-electron chi connectivity index (χ2n) is 14.1. The molecule has 0 bridgehead atoms. The first-order valence-corrected chi connectivity index (χ1v) is 15.3. The summed E-state index contributed by atoms with van der Waals surface area (Å²) in [7, 11) is 0. The third-order valence-corrected chi connectivity index (χ3v) is 7.99. The van der Waals surface area contributed by atoms with Crippen molar-refractivity contribution in [1.29, 1.82) is 0 Å². The number of hydrogen-bond donors (Lipinski definition) is 1. The van der Waals surface area contributed by atoms with Crippen LogP contribution in [0.4, 0.5) is 5.69 Å². The van der Waals surface area contributed by atoms with Crippen molar-refractivity contribution in [1.82, 2.24) is 4.90 Å². The highest BCUT2D eigenvalue weighted by Gasteiger charge is 2.40. The van der Waals surface area contributed by atoms with Crippen LogP contribution in [0, 0.1) is 6.92 Å². The molecule has 0 aromatic heterocycles. The summed E-state index contributed by atoms with van der Waals surface area (Å²) in [4.78, 5) is 29.4. The first-order chi connectivity index (χ1) is 18.6. The van der Waals surface area contributed by atoms with Crippen LogP contribution < -0.4 is 5.32 Å². The van der Waals surface area contributed by atoms with Gasteiger partial charge in [-0.15, -0.1) is 0 Å². The topological polar surface area (TPSA) is 77.1 Å². The Labute approximate surface area is 242 Å². The molecular formula is C33H54N2O5. The van der Waals surface area contributed by atoms with Gasteiger partial charge in [0.05, 0.1) is 6.10 Å². The number of nitrogens with zero attached hydrogens (tertiary/aromatic N) is 1. The number of hydrogen-bond acceptors (Lipinski definition) is 7. The normalized spacial score (nSPS) is 23.2. The van der Waals surface area contributed by atoms with E-state index < -0.39 is 29.1 Å². The Kier molecular flexibility index (Phi) is 10.7. The summed E-state index contributed by atoms with van der Waals surface area (Å²) < 4.78 is 17.4. The van der Waals surface area contributed by atoms with Crippen molar-refractivity contribution in [3.05, 3.63) is 29.3 Å². The zero-order chi connectivity index (χ0) is 29.7. The smallest absolute Gasteiger partial charge is 0.325 e. The third kappa shape index (κ3) is 9.20. The van der Waals surface area contributed by atoms with Gasteiger partial charge in [0, 0.05) is 42.5 Å². The molecule has 1 aliphatic heterocycles. The van der Waals surface area contributed by atoms with Gasteiger partial charge in [0.25, 0.3) is 0 Å². The maximum atomic E-state index is 13.4. The molecule has 1 N–H and O–H groups in total. The molecule has 0 atom stereocenters. The van der Waals surface area contributed by atoms with E-state index in [2.05, 4.69) is 24.1 Å². The standard InChI is InChI=1S/C33H54N2O5/c1-10-21-38-25-13-17-33(9,18-14-25)35-19-15-24(16-20-35)34-27-22-23(2)11-12-26(27)28(29(36)39-31(3,4)5)30(37)40-32(6,7)8/h11-12,22,24-25,28,34H,10,13-21H2,1-9H3. The fourth-order valence-electron chi connectivity index (χ4n) is 5.88. The van der Waals surface area contributed by atoms with Gasteiger partial charge in [-0.05, 0) is 112 Å². The SMILES string of the molecule is CCCOC1CCC(C)(N2CCC(Nc3cc(C)ccc3C(C(=O)OC(C)(C)C)C(=O)OC(C)(C)C)CC2)CC1. The van der Waals surface area contributed by atoms with Crippen molar-refractivity contribution in [2.75, 3.05) is 25.0 Å². The maximum Gasteiger partial charge on any atom is 0.325 e. The van der Waals surface area contributed by atoms with Crippen molar-refractivity contribution in [2.45, 2.75) is 142 Å². The van der Waals surface area contributed by atoms with E-state index in [1.165, 1.54) is 12.8 Å². The molecule has 1 aromatic rings. The zero-order valence-electron chi connectivity index (χ0n) is 26.5. The van der Waals surface area contributed by atoms with Crippen LogP contribution in [0.25, 0.3) is 0 Å². The number of carbonyl (C=O) groups is 2. The Morgan fingerprint density at radius 2 is 1.52 bits per heavy atom. The molecule has 1 saturated carbocycles. The lowest BCUT2D eigenvalue weighted by atomic mass is 9.79. The summed E-state index contributed by atoms with van der Waals surface area (Å²) in [6.45, 7) is 20.4. The minimum Gasteiger partial charge on any atom is -0.459 e. The highest BCUT2D eigenvalue weighted by Crippen LogP contribution is 2.37. The number of anilines is 1. The number of likely N-dealkylation sites (tertiary alicyclic amines) is 1. The molecule has 1 aliphatic carbocycles. The molecule has 1 saturated heterocycles. The Bertz CT molecular complexity index is 965. The van der Waals surface area contributed by atoms with Crippen molar-refractivity contribution < 1.29 is 23.8 Å². The van der Waals surface area contributed by atoms with Gasteiger partial charge in [-0.1, -0.05) is 19.1 Å². The van der Waals surface area contributed by atoms with Crippen LogP contribution in [0.15, 0.2) is 18.2 Å². The largest absolute Gasteiger partial charge is 0.459 e. The van der Waals surface area contributed by atoms with Crippen LogP contribution in [0.3, 0.4) is 0 Å². The van der Waals surface area contributed by atoms with Crippen molar-refractivity contribution in [3.63, 3.8) is 0 Å². The Morgan fingerprint density at radius 1 is 0.975 bits per heavy atom. The molecule has 3 rings (SSSR count). The molecule has 7 heteroatoms. The summed E-state index contributed by atoms with van der Waals surface area (Å²) in [5.41, 5.74) is 1.25. The van der Waals surface area contributed by atoms with Crippen molar-refractivity contribution in [3.8, 4) is 0 Å². The highest BCUT2D eigenvalue weighted by molar-refractivity contribution is 6.02. The average Bonchev–Trinajstić information content (AvgIpc) is 2.83. The first kappa shape index (κ1) is 32.4. The number of rotatable bonds is 9. The summed E-state index contributed by atoms with van der Waals surface area (Å²) in [6.07, 6.45) is 8.12. The predicted octanol–water partition coefficient (Wildman–Crippen LogP) is 6.77. The summed E-state index contributed by atoms with van der Waals surface area (Å²) >= 11 is 0. The van der Waals surface area contributed by atoms with E-state index >= 15 is 0 Å². The molecule has 0 radical (unpaired) electrons. The fraction of sp³-hybridized carbons (Fsp3) is 0.758. The van der Waals surface area contributed by atoms with E-state index in [-0.39, 0.29) is 11.6 Å². The molecule has 7 nitrogen and oxygen atoms in total. The Morgan fingerprint density at radius 3 is 2.02 bits per heavy atom. The number of esters is 2. The summed E-state index contributed by atoms with van der Waals surface area (Å²) in [5.74, 6) is -2.34. The number of benzene rings is 1. The number of nitrogens with one attached hydrogen (secondary N) is 1. The van der Waals surface area contributed by atoms with Crippen LogP contribution in [0.2, 0.25) is 0 Å². The molecule has 1 heterocycles. The van der Waals surface area contributed by atoms with Crippen molar-refractivity contribution >= 4 is 17.6 Å². The molecule has 0 amide bonds. The van der Waals surface area contributed by atoms with Gasteiger partial charge >= 0.3 is 11.9 Å². The van der Waals surface area contributed by atoms with E-state index in [4.69, 9.17) is 14.2 Å². The van der Waals surface area contributed by atoms with Gasteiger partial charge < -0.3 is 19.5 Å². The lowest BCUT2D eigenvalue weighted by Crippen LogP contribution is -2.54. The van der Waals surface area contributed by atoms with E-state index in [9.17, 15) is 9.59 Å². The zero-order valence-corrected chi connectivity index (χ0v) is 26.5. The van der Waals surface area contributed by atoms with Gasteiger partial charge in [0.15, 0.2) is 5.92 Å². The van der Waals surface area contributed by atoms with Gasteiger partial charge in [-0.2, -0.15) is 0 Å². The molecular weight excluding hydrogens is 504 g/mol. The van der Waals surface area contributed by atoms with Crippen LogP contribution in [0.1, 0.15) is 117 Å². The molecule has 0 unspecified atom stereocenters. The monoisotopic (exact) mass is 558 g/mol. The van der Waals surface area contributed by atoms with Gasteiger partial charge in [-0.3, -0.25) is 14.5 Å². The molecule has 2 fully saturated rings. The summed E-state index contributed by atoms with van der Waals surface area (Å²) in [6, 6.07) is 6.09. The minimum atomic E-state index is -1.16. The van der Waals surface area contributed by atoms with Crippen LogP contribution >= 0.6 is 0 Å². The molecule has 2 aliphatic rings. The molecule has 0 spiro atoms. The quantitative estimate of drug-likeness (QED) is 0.265. The third-order valence-electron chi connectivity index (χ3n) is 7.99. The Hall–Kier alpha value is -2.12. The maximum absolute atomic E-state index is 13.4. The second-order valence-corrected chi connectivity index (χ2v) is 14.1. The lowest BCUT2D eigenvalue weighted by molar-refractivity contribution is -0.169. The minimum absolute atomic E-state index is 0.226. The molecule has 1 aromatic carbocycles. The van der Waals surface area contributed by atoms with Gasteiger partial charge in [0.2, 0.25) is 0 Å². The van der Waals surface area contributed by atoms with E-state index in [1.807, 2.05) is 66.7 Å². The van der Waals surface area contributed by atoms with Gasteiger partial charge in [-0.25, -0.2) is 0 Å². The van der Waals surface area contributed by atoms with Crippen LogP contribution in [-0.4, -0.2) is 65.4 Å². The van der Waals surface area contributed by atoms with Crippen LogP contribution in [-0.2, 0) is 23.8 Å². The van der Waals surface area contributed by atoms with E-state index in [0.29, 0.717) is 11.7 Å². The Balaban J connectivity index is 1.73. The van der Waals surface area contributed by atoms with E-state index in [1.54, 1.807) is 0 Å². The fourth-order valence-corrected chi connectivity index (χ4v) is 5.88.